The molecule has 5 aromatic rings. The van der Waals surface area contributed by atoms with E-state index in [-0.39, 0.29) is 17.1 Å². The van der Waals surface area contributed by atoms with Crippen LogP contribution in [0.4, 0.5) is 27.9 Å². The van der Waals surface area contributed by atoms with E-state index in [4.69, 9.17) is 14.1 Å². The van der Waals surface area contributed by atoms with Gasteiger partial charge in [-0.2, -0.15) is 4.98 Å². The second-order valence-corrected chi connectivity index (χ2v) is 17.1. The Morgan fingerprint density at radius 2 is 1.43 bits per heavy atom. The molecule has 1 N–H and O–H groups in total. The number of carbonyl (C=O) groups is 1. The zero-order valence-corrected chi connectivity index (χ0v) is 28.6. The number of urea groups is 1. The van der Waals surface area contributed by atoms with Crippen molar-refractivity contribution in [1.29, 1.82) is 0 Å². The van der Waals surface area contributed by atoms with E-state index in [0.717, 1.165) is 22.7 Å². The van der Waals surface area contributed by atoms with Crippen molar-refractivity contribution in [3.8, 4) is 5.75 Å². The first kappa shape index (κ1) is 32.0. The summed E-state index contributed by atoms with van der Waals surface area (Å²) in [7, 11) is -1.22. The number of rotatable bonds is 10. The Labute approximate surface area is 278 Å². The van der Waals surface area contributed by atoms with E-state index in [0.29, 0.717) is 24.9 Å². The van der Waals surface area contributed by atoms with Crippen LogP contribution >= 0.6 is 0 Å². The lowest BCUT2D eigenvalue weighted by molar-refractivity contribution is 0.237. The number of methoxy groups -OCH3 is 1. The molecule has 1 atom stereocenters. The van der Waals surface area contributed by atoms with Crippen LogP contribution in [0.5, 0.6) is 5.75 Å². The fraction of sp³-hybridized carbons (Fsp3) is 0.237. The lowest BCUT2D eigenvalue weighted by Crippen LogP contribution is -2.67. The second kappa shape index (κ2) is 13.4. The number of para-hydroxylation sites is 1. The molecule has 0 fully saturated rings. The molecule has 0 spiro atoms. The average Bonchev–Trinajstić information content (AvgIpc) is 3.09. The maximum absolute atomic E-state index is 14.5. The number of hydrogen-bond donors (Lipinski definition) is 1. The number of amides is 2. The molecular formula is C38H41N5O3Si. The number of aromatic nitrogens is 2. The monoisotopic (exact) mass is 643 g/mol. The maximum Gasteiger partial charge on any atom is 0.330 e. The van der Waals surface area contributed by atoms with Gasteiger partial charge in [0.15, 0.2) is 0 Å². The molecule has 4 aromatic carbocycles. The molecule has 6 rings (SSSR count). The van der Waals surface area contributed by atoms with Gasteiger partial charge in [0.25, 0.3) is 8.32 Å². The standard InChI is InChI=1S/C38H41N5O3Si/c1-28(27-46-47(38(2,3)4,33-17-11-7-12-18-33)34-19-13-8-14-20-34)43-35-29(25-39-36(41-35)40-30-15-9-6-10-16-30)26-42(37(43)44)31-21-23-32(45-5)24-22-31/h6-25,28H,26-27H2,1-5H3,(H,39,40,41)/t28-/m0/s1. The van der Waals surface area contributed by atoms with Gasteiger partial charge in [-0.05, 0) is 58.7 Å². The Bertz CT molecular complexity index is 1760. The molecule has 1 aliphatic rings. The van der Waals surface area contributed by atoms with E-state index in [1.807, 2.05) is 73.7 Å². The summed E-state index contributed by atoms with van der Waals surface area (Å²) in [5, 5.41) is 5.46. The van der Waals surface area contributed by atoms with Gasteiger partial charge in [0.2, 0.25) is 5.95 Å². The highest BCUT2D eigenvalue weighted by molar-refractivity contribution is 6.99. The molecule has 0 saturated carbocycles. The lowest BCUT2D eigenvalue weighted by atomic mass is 10.1. The zero-order valence-electron chi connectivity index (χ0n) is 27.6. The Kier molecular flexibility index (Phi) is 9.11. The number of carbonyl (C=O) groups excluding carboxylic acids is 1. The molecular weight excluding hydrogens is 603 g/mol. The number of anilines is 4. The minimum absolute atomic E-state index is 0.175. The average molecular weight is 644 g/mol. The van der Waals surface area contributed by atoms with Crippen molar-refractivity contribution >= 4 is 47.9 Å². The van der Waals surface area contributed by atoms with Crippen LogP contribution < -0.4 is 30.2 Å². The van der Waals surface area contributed by atoms with Crippen molar-refractivity contribution in [2.45, 2.75) is 45.3 Å². The predicted molar refractivity (Wildman–Crippen MR) is 192 cm³/mol. The van der Waals surface area contributed by atoms with Crippen molar-refractivity contribution < 1.29 is 14.0 Å². The normalized spacial score (nSPS) is 14.0. The Hall–Kier alpha value is -4.99. The minimum atomic E-state index is -2.85. The molecule has 0 unspecified atom stereocenters. The van der Waals surface area contributed by atoms with Crippen LogP contribution in [0.25, 0.3) is 0 Å². The third-order valence-electron chi connectivity index (χ3n) is 8.65. The lowest BCUT2D eigenvalue weighted by Gasteiger charge is -2.45. The van der Waals surface area contributed by atoms with Gasteiger partial charge in [-0.25, -0.2) is 9.78 Å². The SMILES string of the molecule is COc1ccc(N2Cc3cnc(Nc4ccccc4)nc3N([C@@H](C)CO[Si](c3ccccc3)(c3ccccc3)C(C)(C)C)C2=O)cc1. The smallest absolute Gasteiger partial charge is 0.330 e. The van der Waals surface area contributed by atoms with Crippen LogP contribution in [0.15, 0.2) is 121 Å². The molecule has 0 saturated heterocycles. The van der Waals surface area contributed by atoms with Crippen LogP contribution in [0, 0.1) is 0 Å². The largest absolute Gasteiger partial charge is 0.497 e. The van der Waals surface area contributed by atoms with E-state index < -0.39 is 8.32 Å². The van der Waals surface area contributed by atoms with Crippen molar-refractivity contribution in [1.82, 2.24) is 9.97 Å². The van der Waals surface area contributed by atoms with Crippen LogP contribution in [-0.2, 0) is 11.0 Å². The highest BCUT2D eigenvalue weighted by atomic mass is 28.4. The fourth-order valence-corrected chi connectivity index (χ4v) is 11.0. The molecule has 0 bridgehead atoms. The molecule has 0 radical (unpaired) electrons. The van der Waals surface area contributed by atoms with Gasteiger partial charge in [-0.1, -0.05) is 99.6 Å². The van der Waals surface area contributed by atoms with Gasteiger partial charge in [0.05, 0.1) is 26.3 Å². The van der Waals surface area contributed by atoms with Gasteiger partial charge in [-0.3, -0.25) is 9.80 Å². The number of ether oxygens (including phenoxy) is 1. The molecule has 2 amide bonds. The summed E-state index contributed by atoms with van der Waals surface area (Å²) in [4.78, 5) is 27.6. The van der Waals surface area contributed by atoms with Gasteiger partial charge >= 0.3 is 6.03 Å². The first-order chi connectivity index (χ1) is 22.7. The van der Waals surface area contributed by atoms with E-state index in [1.54, 1.807) is 23.1 Å². The summed E-state index contributed by atoms with van der Waals surface area (Å²) in [5.41, 5.74) is 2.47. The summed E-state index contributed by atoms with van der Waals surface area (Å²) in [5.74, 6) is 1.72. The van der Waals surface area contributed by atoms with Crippen LogP contribution in [0.2, 0.25) is 5.04 Å². The summed E-state index contributed by atoms with van der Waals surface area (Å²) < 4.78 is 12.7. The Morgan fingerprint density at radius 3 is 1.98 bits per heavy atom. The summed E-state index contributed by atoms with van der Waals surface area (Å²) >= 11 is 0. The maximum atomic E-state index is 14.5. The van der Waals surface area contributed by atoms with Gasteiger partial charge in [0, 0.05) is 23.1 Å². The third kappa shape index (κ3) is 6.37. The topological polar surface area (TPSA) is 79.8 Å². The van der Waals surface area contributed by atoms with Gasteiger partial charge in [-0.15, -0.1) is 0 Å². The van der Waals surface area contributed by atoms with E-state index in [9.17, 15) is 4.79 Å². The first-order valence-corrected chi connectivity index (χ1v) is 17.8. The van der Waals surface area contributed by atoms with Crippen LogP contribution in [0.1, 0.15) is 33.3 Å². The summed E-state index contributed by atoms with van der Waals surface area (Å²) in [6, 6.07) is 37.9. The number of benzene rings is 4. The van der Waals surface area contributed by atoms with E-state index in [1.165, 1.54) is 10.4 Å². The fourth-order valence-electron chi connectivity index (χ4n) is 6.33. The molecule has 2 heterocycles. The molecule has 1 aliphatic heterocycles. The molecule has 0 aliphatic carbocycles. The van der Waals surface area contributed by atoms with Gasteiger partial charge in [0.1, 0.15) is 11.6 Å². The molecule has 9 heteroatoms. The van der Waals surface area contributed by atoms with E-state index >= 15 is 0 Å². The molecule has 240 valence electrons. The zero-order chi connectivity index (χ0) is 33.0. The molecule has 8 nitrogen and oxygen atoms in total. The number of fused-ring (bicyclic) bond motifs is 1. The predicted octanol–water partition coefficient (Wildman–Crippen LogP) is 7.14. The van der Waals surface area contributed by atoms with Crippen molar-refractivity contribution in [3.05, 3.63) is 127 Å². The Balaban J connectivity index is 1.40. The van der Waals surface area contributed by atoms with Gasteiger partial charge < -0.3 is 14.5 Å². The Morgan fingerprint density at radius 1 is 0.851 bits per heavy atom. The highest BCUT2D eigenvalue weighted by Gasteiger charge is 2.50. The number of nitrogens with one attached hydrogen (secondary N) is 1. The second-order valence-electron chi connectivity index (χ2n) is 12.8. The summed E-state index contributed by atoms with van der Waals surface area (Å²) in [6.45, 7) is 9.44. The number of hydrogen-bond acceptors (Lipinski definition) is 6. The van der Waals surface area contributed by atoms with Crippen LogP contribution in [-0.4, -0.2) is 44.1 Å². The highest BCUT2D eigenvalue weighted by Crippen LogP contribution is 2.38. The first-order valence-electron chi connectivity index (χ1n) is 15.9. The summed E-state index contributed by atoms with van der Waals surface area (Å²) in [6.07, 6.45) is 1.80. The molecule has 1 aromatic heterocycles. The molecule has 47 heavy (non-hydrogen) atoms. The van der Waals surface area contributed by atoms with Crippen molar-refractivity contribution in [2.24, 2.45) is 0 Å². The van der Waals surface area contributed by atoms with E-state index in [2.05, 4.69) is 79.6 Å². The quantitative estimate of drug-likeness (QED) is 0.163. The minimum Gasteiger partial charge on any atom is -0.497 e. The van der Waals surface area contributed by atoms with Crippen molar-refractivity contribution in [2.75, 3.05) is 28.8 Å². The number of nitrogens with zero attached hydrogens (tertiary/aromatic N) is 4. The third-order valence-corrected chi connectivity index (χ3v) is 13.7. The van der Waals surface area contributed by atoms with Crippen molar-refractivity contribution in [3.63, 3.8) is 0 Å². The van der Waals surface area contributed by atoms with Crippen LogP contribution in [0.3, 0.4) is 0 Å².